The predicted molar refractivity (Wildman–Crippen MR) is 77.2 cm³/mol. The molecule has 100 valence electrons. The molecule has 2 aromatic heterocycles. The Bertz CT molecular complexity index is 605. The summed E-state index contributed by atoms with van der Waals surface area (Å²) in [7, 11) is 0. The van der Waals surface area contributed by atoms with Crippen molar-refractivity contribution < 1.29 is 4.98 Å². The minimum atomic E-state index is 0.106. The molecular formula is C13H14N7+. The summed E-state index contributed by atoms with van der Waals surface area (Å²) in [6.07, 6.45) is 10.2. The maximum Gasteiger partial charge on any atom is 0.234 e. The summed E-state index contributed by atoms with van der Waals surface area (Å²) in [4.78, 5) is 6.82. The third kappa shape index (κ3) is 4.65. The Balaban J connectivity index is 1.86. The van der Waals surface area contributed by atoms with Gasteiger partial charge in [-0.3, -0.25) is 4.98 Å². The van der Waals surface area contributed by atoms with Crippen molar-refractivity contribution in [3.8, 4) is 0 Å². The molecule has 0 aliphatic heterocycles. The maximum absolute atomic E-state index is 5.59. The third-order valence-electron chi connectivity index (χ3n) is 2.22. The summed E-state index contributed by atoms with van der Waals surface area (Å²) < 4.78 is 0. The number of rotatable bonds is 4. The van der Waals surface area contributed by atoms with Gasteiger partial charge in [-0.05, 0) is 17.7 Å². The fraction of sp³-hybridized carbons (Fsp3) is 0. The molecule has 7 nitrogen and oxygen atoms in total. The molecule has 0 aromatic carbocycles. The molecule has 0 aliphatic rings. The van der Waals surface area contributed by atoms with E-state index in [1.54, 1.807) is 37.2 Å². The van der Waals surface area contributed by atoms with Gasteiger partial charge >= 0.3 is 0 Å². The second-order valence-corrected chi connectivity index (χ2v) is 3.71. The summed E-state index contributed by atoms with van der Waals surface area (Å²) in [6, 6.07) is 7.38. The van der Waals surface area contributed by atoms with Crippen LogP contribution in [0.25, 0.3) is 0 Å². The lowest BCUT2D eigenvalue weighted by molar-refractivity contribution is -0.378. The van der Waals surface area contributed by atoms with Gasteiger partial charge in [-0.2, -0.15) is 10.2 Å². The van der Waals surface area contributed by atoms with Crippen LogP contribution in [0.2, 0.25) is 0 Å². The fourth-order valence-corrected chi connectivity index (χ4v) is 1.29. The number of aromatic amines is 1. The molecule has 20 heavy (non-hydrogen) atoms. The van der Waals surface area contributed by atoms with E-state index < -0.39 is 0 Å². The van der Waals surface area contributed by atoms with Crippen LogP contribution in [-0.4, -0.2) is 23.4 Å². The topological polar surface area (TPSA) is 102 Å². The lowest BCUT2D eigenvalue weighted by Gasteiger charge is -1.95. The highest BCUT2D eigenvalue weighted by molar-refractivity contribution is 5.84. The molecule has 4 N–H and O–H groups in total. The van der Waals surface area contributed by atoms with E-state index in [4.69, 9.17) is 5.73 Å². The van der Waals surface area contributed by atoms with Crippen LogP contribution in [0.5, 0.6) is 0 Å². The van der Waals surface area contributed by atoms with E-state index in [1.807, 2.05) is 24.3 Å². The first-order chi connectivity index (χ1) is 9.84. The highest BCUT2D eigenvalue weighted by Gasteiger charge is 1.89. The lowest BCUT2D eigenvalue weighted by Crippen LogP contribution is -2.26. The Labute approximate surface area is 116 Å². The van der Waals surface area contributed by atoms with E-state index in [9.17, 15) is 0 Å². The molecule has 2 heterocycles. The zero-order valence-electron chi connectivity index (χ0n) is 10.6. The van der Waals surface area contributed by atoms with Crippen molar-refractivity contribution in [2.75, 3.05) is 0 Å². The van der Waals surface area contributed by atoms with Gasteiger partial charge in [0.25, 0.3) is 0 Å². The molecule has 2 rings (SSSR count). The quantitative estimate of drug-likeness (QED) is 0.469. The standard InChI is InChI=1S/C13H13N7/c14-13(19-17-9-11-1-5-15-6-2-11)20-18-10-12-3-7-16-8-4-12/h1-10H,(H3,14,19,20)/p+1. The van der Waals surface area contributed by atoms with Gasteiger partial charge in [-0.1, -0.05) is 0 Å². The van der Waals surface area contributed by atoms with E-state index in [0.29, 0.717) is 0 Å². The zero-order valence-corrected chi connectivity index (χ0v) is 10.6. The number of guanidine groups is 1. The molecule has 0 unspecified atom stereocenters. The second kappa shape index (κ2) is 7.37. The van der Waals surface area contributed by atoms with Crippen molar-refractivity contribution in [1.82, 2.24) is 10.4 Å². The summed E-state index contributed by atoms with van der Waals surface area (Å²) in [5.74, 6) is 0.106. The van der Waals surface area contributed by atoms with Gasteiger partial charge in [0, 0.05) is 30.1 Å². The molecule has 0 atom stereocenters. The molecule has 0 bridgehead atoms. The highest BCUT2D eigenvalue weighted by atomic mass is 15.4. The van der Waals surface area contributed by atoms with Crippen LogP contribution >= 0.6 is 0 Å². The van der Waals surface area contributed by atoms with Crippen LogP contribution in [0.15, 0.2) is 64.4 Å². The highest BCUT2D eigenvalue weighted by Crippen LogP contribution is 1.90. The minimum Gasteiger partial charge on any atom is -0.367 e. The first-order valence-electron chi connectivity index (χ1n) is 5.86. The number of nitrogens with two attached hydrogens (primary N) is 1. The van der Waals surface area contributed by atoms with E-state index in [2.05, 4.69) is 30.7 Å². The summed E-state index contributed by atoms with van der Waals surface area (Å²) in [5.41, 5.74) is 9.99. The molecule has 2 aromatic rings. The predicted octanol–water partition coefficient (Wildman–Crippen LogP) is 0.168. The third-order valence-corrected chi connectivity index (χ3v) is 2.22. The smallest absolute Gasteiger partial charge is 0.234 e. The van der Waals surface area contributed by atoms with Gasteiger partial charge in [0.15, 0.2) is 12.4 Å². The van der Waals surface area contributed by atoms with Crippen molar-refractivity contribution in [2.24, 2.45) is 21.0 Å². The number of hydrogen-bond donors (Lipinski definition) is 2. The van der Waals surface area contributed by atoms with Crippen LogP contribution < -0.4 is 16.1 Å². The molecule has 0 spiro atoms. The molecule has 0 fully saturated rings. The molecule has 0 saturated heterocycles. The van der Waals surface area contributed by atoms with Crippen molar-refractivity contribution in [3.05, 3.63) is 60.2 Å². The molecule has 0 radical (unpaired) electrons. The van der Waals surface area contributed by atoms with Gasteiger partial charge in [0.1, 0.15) is 0 Å². The number of nitrogens with zero attached hydrogens (tertiary/aromatic N) is 4. The molecule has 0 saturated carbocycles. The first-order valence-corrected chi connectivity index (χ1v) is 5.86. The maximum atomic E-state index is 5.59. The average molecular weight is 268 g/mol. The number of aromatic nitrogens is 2. The van der Waals surface area contributed by atoms with Crippen LogP contribution in [0.1, 0.15) is 11.1 Å². The number of pyridine rings is 2. The number of H-pyrrole nitrogens is 1. The van der Waals surface area contributed by atoms with Crippen LogP contribution in [0, 0.1) is 0 Å². The van der Waals surface area contributed by atoms with E-state index in [-0.39, 0.29) is 5.96 Å². The minimum absolute atomic E-state index is 0.106. The van der Waals surface area contributed by atoms with Gasteiger partial charge in [-0.25, -0.2) is 10.4 Å². The van der Waals surface area contributed by atoms with Crippen LogP contribution in [0.3, 0.4) is 0 Å². The molecule has 0 amide bonds. The fourth-order valence-electron chi connectivity index (χ4n) is 1.29. The SMILES string of the molecule is NC(=NN=Cc1cc[nH+]cc1)NN=Cc1ccncc1. The average Bonchev–Trinajstić information content (AvgIpc) is 2.49. The lowest BCUT2D eigenvalue weighted by atomic mass is 10.3. The Morgan fingerprint density at radius 2 is 1.80 bits per heavy atom. The molecular weight excluding hydrogens is 254 g/mol. The largest absolute Gasteiger partial charge is 0.367 e. The molecule has 7 heteroatoms. The van der Waals surface area contributed by atoms with Crippen LogP contribution in [-0.2, 0) is 0 Å². The number of hydrogen-bond acceptors (Lipinski definition) is 4. The Morgan fingerprint density at radius 3 is 2.55 bits per heavy atom. The summed E-state index contributed by atoms with van der Waals surface area (Å²) in [5, 5.41) is 11.5. The van der Waals surface area contributed by atoms with Crippen molar-refractivity contribution in [1.29, 1.82) is 0 Å². The van der Waals surface area contributed by atoms with Crippen molar-refractivity contribution in [2.45, 2.75) is 0 Å². The normalized spacial score (nSPS) is 12.1. The first kappa shape index (κ1) is 13.3. The van der Waals surface area contributed by atoms with Crippen LogP contribution in [0.4, 0.5) is 0 Å². The van der Waals surface area contributed by atoms with Gasteiger partial charge in [0.2, 0.25) is 5.96 Å². The van der Waals surface area contributed by atoms with E-state index in [0.717, 1.165) is 11.1 Å². The Morgan fingerprint density at radius 1 is 1.10 bits per heavy atom. The van der Waals surface area contributed by atoms with E-state index in [1.165, 1.54) is 0 Å². The Kier molecular flexibility index (Phi) is 4.92. The monoisotopic (exact) mass is 268 g/mol. The van der Waals surface area contributed by atoms with E-state index >= 15 is 0 Å². The van der Waals surface area contributed by atoms with Gasteiger partial charge in [0.05, 0.1) is 12.4 Å². The van der Waals surface area contributed by atoms with Gasteiger partial charge in [-0.15, -0.1) is 5.10 Å². The van der Waals surface area contributed by atoms with Gasteiger partial charge < -0.3 is 5.73 Å². The second-order valence-electron chi connectivity index (χ2n) is 3.71. The summed E-state index contributed by atoms with van der Waals surface area (Å²) in [6.45, 7) is 0. The molecule has 0 aliphatic carbocycles. The number of nitrogens with one attached hydrogen (secondary N) is 2. The summed E-state index contributed by atoms with van der Waals surface area (Å²) >= 11 is 0. The van der Waals surface area contributed by atoms with Crippen molar-refractivity contribution in [3.63, 3.8) is 0 Å². The number of hydrazone groups is 1. The zero-order chi connectivity index (χ0) is 14.0. The Hall–Kier alpha value is -3.09. The van der Waals surface area contributed by atoms with Crippen molar-refractivity contribution >= 4 is 18.4 Å².